The molecule has 1 N–H and O–H groups in total. The first kappa shape index (κ1) is 31.4. The van der Waals surface area contributed by atoms with E-state index in [4.69, 9.17) is 4.99 Å². The largest absolute Gasteiger partial charge is 0.435 e. The molecule has 1 fully saturated rings. The third kappa shape index (κ3) is 7.90. The molecular weight excluding hydrogens is 554 g/mol. The van der Waals surface area contributed by atoms with Crippen LogP contribution in [0.5, 0.6) is 5.75 Å². The molecular formula is C38H42F2N2O2. The van der Waals surface area contributed by atoms with Crippen molar-refractivity contribution in [1.29, 1.82) is 0 Å². The summed E-state index contributed by atoms with van der Waals surface area (Å²) < 4.78 is 29.7. The lowest BCUT2D eigenvalue weighted by molar-refractivity contribution is -0.0498. The number of nitrogens with one attached hydrogen (secondary N) is 1. The summed E-state index contributed by atoms with van der Waals surface area (Å²) in [5, 5.41) is 3.54. The summed E-state index contributed by atoms with van der Waals surface area (Å²) in [5.41, 5.74) is 8.41. The van der Waals surface area contributed by atoms with Crippen LogP contribution < -0.4 is 10.1 Å². The van der Waals surface area contributed by atoms with E-state index in [9.17, 15) is 13.6 Å². The highest BCUT2D eigenvalue weighted by Crippen LogP contribution is 2.35. The van der Waals surface area contributed by atoms with Crippen LogP contribution in [0.15, 0.2) is 101 Å². The van der Waals surface area contributed by atoms with E-state index in [2.05, 4.69) is 35.7 Å². The van der Waals surface area contributed by atoms with Gasteiger partial charge in [0.05, 0.1) is 11.4 Å². The number of carbonyl (C=O) groups is 1. The Morgan fingerprint density at radius 2 is 1.86 bits per heavy atom. The summed E-state index contributed by atoms with van der Waals surface area (Å²) in [4.78, 5) is 18.1. The van der Waals surface area contributed by atoms with Crippen molar-refractivity contribution < 1.29 is 18.3 Å². The van der Waals surface area contributed by atoms with Gasteiger partial charge in [-0.2, -0.15) is 8.78 Å². The van der Waals surface area contributed by atoms with Gasteiger partial charge in [-0.3, -0.25) is 9.79 Å². The number of benzene rings is 2. The van der Waals surface area contributed by atoms with Crippen LogP contribution in [0.1, 0.15) is 86.2 Å². The maximum absolute atomic E-state index is 13.3. The highest BCUT2D eigenvalue weighted by molar-refractivity contribution is 6.25. The Kier molecular flexibility index (Phi) is 10.4. The molecule has 4 nitrogen and oxygen atoms in total. The number of fused-ring (bicyclic) bond motifs is 1. The minimum Gasteiger partial charge on any atom is -0.435 e. The molecule has 3 aliphatic rings. The van der Waals surface area contributed by atoms with E-state index in [0.717, 1.165) is 70.1 Å². The molecule has 2 aromatic rings. The van der Waals surface area contributed by atoms with Gasteiger partial charge in [-0.05, 0) is 92.8 Å². The van der Waals surface area contributed by atoms with E-state index in [0.29, 0.717) is 0 Å². The average Bonchev–Trinajstić information content (AvgIpc) is 3.40. The van der Waals surface area contributed by atoms with Gasteiger partial charge in [0, 0.05) is 34.5 Å². The fourth-order valence-corrected chi connectivity index (χ4v) is 6.29. The minimum atomic E-state index is -2.86. The van der Waals surface area contributed by atoms with Crippen molar-refractivity contribution in [3.8, 4) is 5.75 Å². The minimum absolute atomic E-state index is 0.000202. The normalized spacial score (nSPS) is 20.7. The predicted octanol–water partition coefficient (Wildman–Crippen LogP) is 10.4. The zero-order chi connectivity index (χ0) is 31.1. The van der Waals surface area contributed by atoms with Crippen LogP contribution in [0.25, 0.3) is 5.57 Å². The third-order valence-electron chi connectivity index (χ3n) is 8.90. The lowest BCUT2D eigenvalue weighted by Crippen LogP contribution is -2.15. The van der Waals surface area contributed by atoms with Crippen LogP contribution in [-0.4, -0.2) is 18.1 Å². The summed E-state index contributed by atoms with van der Waals surface area (Å²) in [6.45, 7) is 5.32. The number of aliphatic imine (C=N–C) groups is 1. The molecule has 1 heterocycles. The standard InChI is InChI=1S/C38H42F2N2O2/c1-25-13-15-28(16-14-25)10-8-7-9-26(2)37(43)32-22-19-30(23-27(32)3)42-35-12-6-4-5-11-33-34(24-41-36(33)35)29-17-20-31(21-18-29)44-38(39)40/h4-5,11-12,17-24,26,28,38,42H,1,6-10,13-16H2,2-3H3/b5-4-,33-11-,35-12-. The van der Waals surface area contributed by atoms with Crippen LogP contribution in [0, 0.1) is 18.8 Å². The van der Waals surface area contributed by atoms with E-state index < -0.39 is 6.61 Å². The maximum Gasteiger partial charge on any atom is 0.387 e. The number of hydrogen-bond donors (Lipinski definition) is 1. The second-order valence-corrected chi connectivity index (χ2v) is 12.2. The first-order valence-electron chi connectivity index (χ1n) is 15.8. The lowest BCUT2D eigenvalue weighted by atomic mass is 9.83. The molecule has 230 valence electrons. The first-order valence-corrected chi connectivity index (χ1v) is 15.8. The Hall–Kier alpha value is -4.06. The van der Waals surface area contributed by atoms with Gasteiger partial charge in [-0.25, -0.2) is 0 Å². The fourth-order valence-electron chi connectivity index (χ4n) is 6.29. The number of anilines is 1. The summed E-state index contributed by atoms with van der Waals surface area (Å²) in [6, 6.07) is 12.5. The van der Waals surface area contributed by atoms with E-state index >= 15 is 0 Å². The molecule has 0 saturated heterocycles. The molecule has 0 radical (unpaired) electrons. The number of allylic oxidation sites excluding steroid dienone is 7. The number of ether oxygens (including phenoxy) is 1. The summed E-state index contributed by atoms with van der Waals surface area (Å²) >= 11 is 0. The molecule has 2 aliphatic carbocycles. The molecule has 6 heteroatoms. The van der Waals surface area contributed by atoms with Gasteiger partial charge in [0.1, 0.15) is 5.75 Å². The number of carbonyl (C=O) groups excluding carboxylic acids is 1. The zero-order valence-corrected chi connectivity index (χ0v) is 25.8. The summed E-state index contributed by atoms with van der Waals surface area (Å²) in [5.74, 6) is 1.15. The van der Waals surface area contributed by atoms with Gasteiger partial charge in [0.25, 0.3) is 0 Å². The van der Waals surface area contributed by atoms with Gasteiger partial charge >= 0.3 is 6.61 Å². The third-order valence-corrected chi connectivity index (χ3v) is 8.90. The van der Waals surface area contributed by atoms with Crippen molar-refractivity contribution >= 4 is 22.8 Å². The molecule has 1 aliphatic heterocycles. The fraction of sp³-hybridized carbons (Fsp3) is 0.368. The number of unbranched alkanes of at least 4 members (excludes halogenated alkanes) is 1. The van der Waals surface area contributed by atoms with Gasteiger partial charge in [0.15, 0.2) is 5.78 Å². The number of aryl methyl sites for hydroxylation is 1. The molecule has 0 bridgehead atoms. The summed E-state index contributed by atoms with van der Waals surface area (Å²) in [6.07, 6.45) is 20.1. The molecule has 1 unspecified atom stereocenters. The van der Waals surface area contributed by atoms with Crippen molar-refractivity contribution in [2.45, 2.75) is 78.2 Å². The molecule has 5 rings (SSSR count). The number of rotatable bonds is 12. The number of ketones is 1. The van der Waals surface area contributed by atoms with E-state index in [-0.39, 0.29) is 17.5 Å². The highest BCUT2D eigenvalue weighted by atomic mass is 19.3. The average molecular weight is 597 g/mol. The van der Waals surface area contributed by atoms with E-state index in [1.807, 2.05) is 37.3 Å². The topological polar surface area (TPSA) is 50.7 Å². The van der Waals surface area contributed by atoms with Gasteiger partial charge in [-0.15, -0.1) is 0 Å². The monoisotopic (exact) mass is 596 g/mol. The Morgan fingerprint density at radius 3 is 2.59 bits per heavy atom. The van der Waals surface area contributed by atoms with Crippen molar-refractivity contribution in [3.63, 3.8) is 0 Å². The van der Waals surface area contributed by atoms with Crippen LogP contribution in [0.3, 0.4) is 0 Å². The Bertz CT molecular complexity index is 1520. The predicted molar refractivity (Wildman–Crippen MR) is 176 cm³/mol. The number of Topliss-reactive ketones (excluding diaryl/α,β-unsaturated/α-hetero) is 1. The Morgan fingerprint density at radius 1 is 1.09 bits per heavy atom. The zero-order valence-electron chi connectivity index (χ0n) is 25.8. The lowest BCUT2D eigenvalue weighted by Gasteiger charge is -2.23. The number of alkyl halides is 2. The molecule has 0 aromatic heterocycles. The second-order valence-electron chi connectivity index (χ2n) is 12.2. The van der Waals surface area contributed by atoms with Crippen LogP contribution >= 0.6 is 0 Å². The SMILES string of the molecule is C=C1CCC(CCCCC(C)C(=O)c2ccc(N/C3=C\C/C=C\C=C4\C(c5ccc(OC(F)F)cc5)=CN=C34)cc2C)CC1. The number of halogens is 2. The quantitative estimate of drug-likeness (QED) is 0.151. The van der Waals surface area contributed by atoms with Crippen molar-refractivity contribution in [1.82, 2.24) is 0 Å². The Balaban J connectivity index is 1.19. The van der Waals surface area contributed by atoms with Crippen molar-refractivity contribution in [2.75, 3.05) is 5.32 Å². The van der Waals surface area contributed by atoms with Crippen LogP contribution in [-0.2, 0) is 0 Å². The molecule has 0 amide bonds. The molecule has 1 saturated carbocycles. The second kappa shape index (κ2) is 14.6. The molecule has 1 atom stereocenters. The Labute approximate surface area is 260 Å². The van der Waals surface area contributed by atoms with E-state index in [1.54, 1.807) is 18.3 Å². The van der Waals surface area contributed by atoms with Gasteiger partial charge < -0.3 is 10.1 Å². The van der Waals surface area contributed by atoms with Crippen molar-refractivity contribution in [3.05, 3.63) is 113 Å². The molecule has 44 heavy (non-hydrogen) atoms. The maximum atomic E-state index is 13.3. The number of nitrogens with zero attached hydrogens (tertiary/aromatic N) is 1. The van der Waals surface area contributed by atoms with E-state index in [1.165, 1.54) is 56.2 Å². The van der Waals surface area contributed by atoms with Gasteiger partial charge in [-0.1, -0.05) is 74.8 Å². The number of hydrogen-bond acceptors (Lipinski definition) is 4. The molecule has 2 aromatic carbocycles. The van der Waals surface area contributed by atoms with Gasteiger partial charge in [0.2, 0.25) is 0 Å². The highest BCUT2D eigenvalue weighted by Gasteiger charge is 2.24. The summed E-state index contributed by atoms with van der Waals surface area (Å²) in [7, 11) is 0. The first-order chi connectivity index (χ1) is 21.3. The molecule has 0 spiro atoms. The van der Waals surface area contributed by atoms with Crippen LogP contribution in [0.4, 0.5) is 14.5 Å². The van der Waals surface area contributed by atoms with Crippen LogP contribution in [0.2, 0.25) is 0 Å². The smallest absolute Gasteiger partial charge is 0.387 e. The van der Waals surface area contributed by atoms with Crippen molar-refractivity contribution in [2.24, 2.45) is 16.8 Å².